The van der Waals surface area contributed by atoms with Gasteiger partial charge in [-0.15, -0.1) is 0 Å². The normalized spacial score (nSPS) is 11.1. The van der Waals surface area contributed by atoms with Crippen LogP contribution in [0.3, 0.4) is 0 Å². The number of hydrogen-bond acceptors (Lipinski definition) is 5. The van der Waals surface area contributed by atoms with E-state index in [1.54, 1.807) is 24.4 Å². The first-order chi connectivity index (χ1) is 14.0. The van der Waals surface area contributed by atoms with E-state index in [0.717, 1.165) is 16.3 Å². The molecule has 0 radical (unpaired) electrons. The molecule has 1 amide bonds. The molecular weight excluding hydrogens is 368 g/mol. The molecule has 3 aromatic rings. The summed E-state index contributed by atoms with van der Waals surface area (Å²) in [6.45, 7) is 3.93. The molecule has 0 unspecified atom stereocenters. The lowest BCUT2D eigenvalue weighted by atomic mass is 10.0. The van der Waals surface area contributed by atoms with Crippen molar-refractivity contribution >= 4 is 22.9 Å². The molecule has 0 bridgehead atoms. The van der Waals surface area contributed by atoms with Gasteiger partial charge in [0, 0.05) is 17.2 Å². The maximum absolute atomic E-state index is 12.5. The Bertz CT molecular complexity index is 1020. The first-order valence-corrected chi connectivity index (χ1v) is 9.26. The second-order valence-corrected chi connectivity index (χ2v) is 6.67. The summed E-state index contributed by atoms with van der Waals surface area (Å²) in [6.07, 6.45) is 1.62. The lowest BCUT2D eigenvalue weighted by Crippen LogP contribution is -2.18. The number of ether oxygens (including phenoxy) is 3. The fraction of sp³-hybridized carbons (Fsp3) is 0.217. The van der Waals surface area contributed by atoms with Gasteiger partial charge in [0.2, 0.25) is 0 Å². The zero-order valence-electron chi connectivity index (χ0n) is 16.9. The fourth-order valence-electron chi connectivity index (χ4n) is 2.92. The molecule has 6 heteroatoms. The predicted octanol–water partition coefficient (Wildman–Crippen LogP) is 4.41. The minimum absolute atomic E-state index is 0.0159. The molecule has 0 spiro atoms. The molecule has 1 N–H and O–H groups in total. The van der Waals surface area contributed by atoms with Gasteiger partial charge in [0.05, 0.1) is 26.5 Å². The monoisotopic (exact) mass is 392 g/mol. The number of hydrogen-bond donors (Lipinski definition) is 1. The number of nitrogens with one attached hydrogen (secondary N) is 1. The minimum atomic E-state index is -0.370. The summed E-state index contributed by atoms with van der Waals surface area (Å²) < 4.78 is 16.3. The van der Waals surface area contributed by atoms with Crippen LogP contribution in [-0.2, 0) is 0 Å². The second kappa shape index (κ2) is 9.10. The zero-order valence-corrected chi connectivity index (χ0v) is 16.9. The van der Waals surface area contributed by atoms with Gasteiger partial charge >= 0.3 is 0 Å². The van der Waals surface area contributed by atoms with Crippen molar-refractivity contribution in [2.45, 2.75) is 20.0 Å². The van der Waals surface area contributed by atoms with E-state index in [1.165, 1.54) is 14.2 Å². The van der Waals surface area contributed by atoms with Gasteiger partial charge in [0.15, 0.2) is 0 Å². The molecule has 0 saturated heterocycles. The maximum atomic E-state index is 12.5. The average molecular weight is 392 g/mol. The molecule has 3 rings (SSSR count). The van der Waals surface area contributed by atoms with Crippen LogP contribution in [0, 0.1) is 0 Å². The first kappa shape index (κ1) is 20.2. The highest BCUT2D eigenvalue weighted by Gasteiger charge is 2.11. The lowest BCUT2D eigenvalue weighted by molar-refractivity contribution is 0.0954. The van der Waals surface area contributed by atoms with Crippen molar-refractivity contribution in [1.29, 1.82) is 0 Å². The molecule has 29 heavy (non-hydrogen) atoms. The van der Waals surface area contributed by atoms with Crippen molar-refractivity contribution in [3.8, 4) is 17.2 Å². The molecule has 0 aliphatic rings. The molecule has 6 nitrogen and oxygen atoms in total. The first-order valence-electron chi connectivity index (χ1n) is 9.26. The Kier molecular flexibility index (Phi) is 6.34. The Morgan fingerprint density at radius 2 is 1.69 bits per heavy atom. The number of rotatable bonds is 7. The highest BCUT2D eigenvalue weighted by Crippen LogP contribution is 2.27. The van der Waals surface area contributed by atoms with E-state index in [-0.39, 0.29) is 12.0 Å². The topological polar surface area (TPSA) is 69.2 Å². The van der Waals surface area contributed by atoms with Crippen molar-refractivity contribution in [2.24, 2.45) is 5.10 Å². The van der Waals surface area contributed by atoms with Crippen LogP contribution in [0.1, 0.15) is 29.8 Å². The average Bonchev–Trinajstić information content (AvgIpc) is 2.74. The Balaban J connectivity index is 1.88. The summed E-state index contributed by atoms with van der Waals surface area (Å²) in [5.41, 5.74) is 3.75. The predicted molar refractivity (Wildman–Crippen MR) is 114 cm³/mol. The van der Waals surface area contributed by atoms with Gasteiger partial charge < -0.3 is 14.2 Å². The summed E-state index contributed by atoms with van der Waals surface area (Å²) >= 11 is 0. The van der Waals surface area contributed by atoms with Crippen LogP contribution >= 0.6 is 0 Å². The van der Waals surface area contributed by atoms with E-state index < -0.39 is 0 Å². The van der Waals surface area contributed by atoms with Crippen LogP contribution in [0.5, 0.6) is 17.2 Å². The molecular formula is C23H24N2O4. The summed E-state index contributed by atoms with van der Waals surface area (Å²) in [7, 11) is 3.07. The number of carbonyl (C=O) groups is 1. The van der Waals surface area contributed by atoms with E-state index in [4.69, 9.17) is 14.2 Å². The Hall–Kier alpha value is -3.54. The number of fused-ring (bicyclic) bond motifs is 1. The number of methoxy groups -OCH3 is 2. The lowest BCUT2D eigenvalue weighted by Gasteiger charge is -2.14. The standard InChI is InChI=1S/C23H24N2O4/c1-15(2)29-22-10-9-16-7-5-6-8-20(16)21(22)14-24-25-23(26)17-11-18(27-3)13-19(12-17)28-4/h5-15H,1-4H3,(H,25,26)/b24-14-. The Morgan fingerprint density at radius 1 is 1.00 bits per heavy atom. The Morgan fingerprint density at radius 3 is 2.34 bits per heavy atom. The maximum Gasteiger partial charge on any atom is 0.271 e. The van der Waals surface area contributed by atoms with E-state index in [0.29, 0.717) is 22.8 Å². The van der Waals surface area contributed by atoms with Crippen molar-refractivity contribution in [1.82, 2.24) is 5.43 Å². The molecule has 0 atom stereocenters. The fourth-order valence-corrected chi connectivity index (χ4v) is 2.92. The molecule has 0 heterocycles. The van der Waals surface area contributed by atoms with Crippen LogP contribution in [-0.4, -0.2) is 32.4 Å². The zero-order chi connectivity index (χ0) is 20.8. The third kappa shape index (κ3) is 4.85. The molecule has 0 fully saturated rings. The van der Waals surface area contributed by atoms with Crippen molar-refractivity contribution in [3.63, 3.8) is 0 Å². The molecule has 150 valence electrons. The summed E-state index contributed by atoms with van der Waals surface area (Å²) in [4.78, 5) is 12.5. The van der Waals surface area contributed by atoms with Crippen molar-refractivity contribution in [2.75, 3.05) is 14.2 Å². The van der Waals surface area contributed by atoms with Crippen LogP contribution < -0.4 is 19.6 Å². The molecule has 3 aromatic carbocycles. The van der Waals surface area contributed by atoms with E-state index >= 15 is 0 Å². The van der Waals surface area contributed by atoms with E-state index in [1.807, 2.05) is 50.2 Å². The largest absolute Gasteiger partial charge is 0.497 e. The third-order valence-electron chi connectivity index (χ3n) is 4.27. The van der Waals surface area contributed by atoms with Gasteiger partial charge in [-0.25, -0.2) is 5.43 Å². The SMILES string of the molecule is COc1cc(OC)cc(C(=O)N/N=C\c2c(OC(C)C)ccc3ccccc23)c1. The van der Waals surface area contributed by atoms with Gasteiger partial charge in [0.25, 0.3) is 5.91 Å². The van der Waals surface area contributed by atoms with Crippen LogP contribution in [0.4, 0.5) is 0 Å². The number of amides is 1. The number of hydrazone groups is 1. The highest BCUT2D eigenvalue weighted by atomic mass is 16.5. The minimum Gasteiger partial charge on any atom is -0.497 e. The van der Waals surface area contributed by atoms with Crippen LogP contribution in [0.25, 0.3) is 10.8 Å². The van der Waals surface area contributed by atoms with Gasteiger partial charge in [-0.2, -0.15) is 5.10 Å². The van der Waals surface area contributed by atoms with E-state index in [2.05, 4.69) is 10.5 Å². The quantitative estimate of drug-likeness (QED) is 0.478. The van der Waals surface area contributed by atoms with Gasteiger partial charge in [-0.3, -0.25) is 4.79 Å². The molecule has 0 saturated carbocycles. The molecule has 0 aliphatic carbocycles. The Labute approximate surface area is 170 Å². The van der Waals surface area contributed by atoms with Crippen LogP contribution in [0.2, 0.25) is 0 Å². The van der Waals surface area contributed by atoms with Gasteiger partial charge in [-0.05, 0) is 42.8 Å². The highest BCUT2D eigenvalue weighted by molar-refractivity contribution is 6.03. The van der Waals surface area contributed by atoms with Crippen molar-refractivity contribution in [3.05, 3.63) is 65.7 Å². The van der Waals surface area contributed by atoms with Crippen LogP contribution in [0.15, 0.2) is 59.7 Å². The smallest absolute Gasteiger partial charge is 0.271 e. The third-order valence-corrected chi connectivity index (χ3v) is 4.27. The summed E-state index contributed by atoms with van der Waals surface area (Å²) in [5.74, 6) is 1.39. The number of nitrogens with zero attached hydrogens (tertiary/aromatic N) is 1. The number of carbonyl (C=O) groups excluding carboxylic acids is 1. The molecule has 0 aromatic heterocycles. The second-order valence-electron chi connectivity index (χ2n) is 6.67. The summed E-state index contributed by atoms with van der Waals surface area (Å²) in [6, 6.07) is 16.8. The van der Waals surface area contributed by atoms with Gasteiger partial charge in [0.1, 0.15) is 17.2 Å². The van der Waals surface area contributed by atoms with Crippen molar-refractivity contribution < 1.29 is 19.0 Å². The summed E-state index contributed by atoms with van der Waals surface area (Å²) in [5, 5.41) is 6.22. The molecule has 0 aliphatic heterocycles. The van der Waals surface area contributed by atoms with E-state index in [9.17, 15) is 4.79 Å². The number of benzene rings is 3. The van der Waals surface area contributed by atoms with Gasteiger partial charge in [-0.1, -0.05) is 30.3 Å².